The summed E-state index contributed by atoms with van der Waals surface area (Å²) in [4.78, 5) is 13.5. The second-order valence-electron chi connectivity index (χ2n) is 5.93. The summed E-state index contributed by atoms with van der Waals surface area (Å²) in [6.45, 7) is 7.47. The van der Waals surface area contributed by atoms with Crippen LogP contribution in [0.2, 0.25) is 0 Å². The number of para-hydroxylation sites is 1. The summed E-state index contributed by atoms with van der Waals surface area (Å²) < 4.78 is 5.38. The first-order chi connectivity index (χ1) is 11.7. The van der Waals surface area contributed by atoms with Crippen molar-refractivity contribution in [3.8, 4) is 0 Å². The van der Waals surface area contributed by atoms with Crippen molar-refractivity contribution in [1.82, 2.24) is 14.9 Å². The summed E-state index contributed by atoms with van der Waals surface area (Å²) in [5, 5.41) is 3.42. The third kappa shape index (κ3) is 4.43. The second kappa shape index (κ2) is 8.08. The average Bonchev–Trinajstić information content (AvgIpc) is 2.62. The van der Waals surface area contributed by atoms with E-state index in [1.165, 1.54) is 0 Å². The van der Waals surface area contributed by atoms with E-state index in [0.29, 0.717) is 0 Å². The second-order valence-corrected chi connectivity index (χ2v) is 5.93. The lowest BCUT2D eigenvalue weighted by molar-refractivity contribution is 0.0398. The van der Waals surface area contributed by atoms with Crippen molar-refractivity contribution in [3.05, 3.63) is 42.2 Å². The Morgan fingerprint density at radius 1 is 1.17 bits per heavy atom. The minimum absolute atomic E-state index is 0.768. The van der Waals surface area contributed by atoms with Gasteiger partial charge in [-0.25, -0.2) is 9.97 Å². The number of morpholine rings is 1. The molecule has 0 saturated carbocycles. The molecule has 128 valence electrons. The quantitative estimate of drug-likeness (QED) is 0.879. The van der Waals surface area contributed by atoms with Crippen LogP contribution in [0.25, 0.3) is 0 Å². The smallest absolute Gasteiger partial charge is 0.138 e. The van der Waals surface area contributed by atoms with E-state index >= 15 is 0 Å². The topological polar surface area (TPSA) is 53.5 Å². The maximum atomic E-state index is 5.38. The fourth-order valence-corrected chi connectivity index (χ4v) is 2.77. The van der Waals surface area contributed by atoms with Crippen LogP contribution < -0.4 is 10.2 Å². The van der Waals surface area contributed by atoms with Gasteiger partial charge < -0.3 is 15.0 Å². The van der Waals surface area contributed by atoms with Crippen LogP contribution >= 0.6 is 0 Å². The number of anilines is 3. The number of hydrogen-bond acceptors (Lipinski definition) is 6. The molecule has 3 rings (SSSR count). The molecule has 0 spiro atoms. The van der Waals surface area contributed by atoms with Crippen LogP contribution in [0.15, 0.2) is 36.4 Å². The lowest BCUT2D eigenvalue weighted by Gasteiger charge is -2.26. The lowest BCUT2D eigenvalue weighted by atomic mass is 10.3. The zero-order valence-electron chi connectivity index (χ0n) is 14.4. The SMILES string of the molecule is Cc1nc(NCCN2CCOCC2)cc(N(C)c2ccccc2)n1. The number of rotatable bonds is 6. The molecule has 24 heavy (non-hydrogen) atoms. The molecule has 0 unspecified atom stereocenters. The van der Waals surface area contributed by atoms with Gasteiger partial charge in [-0.3, -0.25) is 4.90 Å². The zero-order chi connectivity index (χ0) is 16.8. The molecule has 1 aromatic carbocycles. The van der Waals surface area contributed by atoms with E-state index in [9.17, 15) is 0 Å². The van der Waals surface area contributed by atoms with E-state index in [2.05, 4.69) is 37.2 Å². The Balaban J connectivity index is 1.63. The van der Waals surface area contributed by atoms with E-state index in [1.807, 2.05) is 38.2 Å². The van der Waals surface area contributed by atoms with Crippen molar-refractivity contribution in [3.63, 3.8) is 0 Å². The van der Waals surface area contributed by atoms with E-state index in [-0.39, 0.29) is 0 Å². The molecule has 1 fully saturated rings. The van der Waals surface area contributed by atoms with Crippen molar-refractivity contribution in [2.24, 2.45) is 0 Å². The van der Waals surface area contributed by atoms with E-state index < -0.39 is 0 Å². The summed E-state index contributed by atoms with van der Waals surface area (Å²) in [6.07, 6.45) is 0. The Labute approximate surface area is 143 Å². The Hall–Kier alpha value is -2.18. The fraction of sp³-hybridized carbons (Fsp3) is 0.444. The van der Waals surface area contributed by atoms with Gasteiger partial charge in [-0.05, 0) is 19.1 Å². The minimum atomic E-state index is 0.768. The van der Waals surface area contributed by atoms with Gasteiger partial charge in [0.1, 0.15) is 17.5 Å². The molecule has 1 N–H and O–H groups in total. The van der Waals surface area contributed by atoms with Gasteiger partial charge in [0, 0.05) is 45.0 Å². The van der Waals surface area contributed by atoms with E-state index in [1.54, 1.807) is 0 Å². The standard InChI is InChI=1S/C18H25N5O/c1-15-20-17(19-8-9-23-10-12-24-13-11-23)14-18(21-15)22(2)16-6-4-3-5-7-16/h3-7,14H,8-13H2,1-2H3,(H,19,20,21). The number of hydrogen-bond donors (Lipinski definition) is 1. The highest BCUT2D eigenvalue weighted by molar-refractivity contribution is 5.61. The van der Waals surface area contributed by atoms with Gasteiger partial charge >= 0.3 is 0 Å². The van der Waals surface area contributed by atoms with Crippen LogP contribution in [0, 0.1) is 6.92 Å². The van der Waals surface area contributed by atoms with Gasteiger partial charge in [0.2, 0.25) is 0 Å². The molecule has 1 aliphatic heterocycles. The molecule has 6 nitrogen and oxygen atoms in total. The fourth-order valence-electron chi connectivity index (χ4n) is 2.77. The Kier molecular flexibility index (Phi) is 5.61. The molecule has 1 saturated heterocycles. The van der Waals surface area contributed by atoms with Gasteiger partial charge in [-0.1, -0.05) is 18.2 Å². The van der Waals surface area contributed by atoms with Gasteiger partial charge in [-0.2, -0.15) is 0 Å². The minimum Gasteiger partial charge on any atom is -0.379 e. The largest absolute Gasteiger partial charge is 0.379 e. The molecular formula is C18H25N5O. The van der Waals surface area contributed by atoms with Crippen LogP contribution in [0.1, 0.15) is 5.82 Å². The average molecular weight is 327 g/mol. The Morgan fingerprint density at radius 2 is 1.92 bits per heavy atom. The number of nitrogens with one attached hydrogen (secondary N) is 1. The van der Waals surface area contributed by atoms with Crippen molar-refractivity contribution >= 4 is 17.3 Å². The molecule has 2 heterocycles. The predicted octanol–water partition coefficient (Wildman–Crippen LogP) is 2.30. The van der Waals surface area contributed by atoms with E-state index in [0.717, 1.165) is 62.5 Å². The third-order valence-electron chi connectivity index (χ3n) is 4.15. The molecule has 6 heteroatoms. The molecule has 0 aliphatic carbocycles. The summed E-state index contributed by atoms with van der Waals surface area (Å²) in [7, 11) is 2.02. The van der Waals surface area contributed by atoms with Crippen LogP contribution in [0.4, 0.5) is 17.3 Å². The van der Waals surface area contributed by atoms with Gasteiger partial charge in [-0.15, -0.1) is 0 Å². The summed E-state index contributed by atoms with van der Waals surface area (Å²) in [5.74, 6) is 2.53. The highest BCUT2D eigenvalue weighted by Gasteiger charge is 2.11. The Morgan fingerprint density at radius 3 is 2.67 bits per heavy atom. The third-order valence-corrected chi connectivity index (χ3v) is 4.15. The number of nitrogens with zero attached hydrogens (tertiary/aromatic N) is 4. The number of ether oxygens (including phenoxy) is 1. The van der Waals surface area contributed by atoms with Crippen LogP contribution in [0.5, 0.6) is 0 Å². The van der Waals surface area contributed by atoms with Crippen molar-refractivity contribution < 1.29 is 4.74 Å². The first kappa shape index (κ1) is 16.7. The summed E-state index contributed by atoms with van der Waals surface area (Å²) in [5.41, 5.74) is 1.11. The highest BCUT2D eigenvalue weighted by atomic mass is 16.5. The number of aromatic nitrogens is 2. The Bertz CT molecular complexity index is 643. The number of benzene rings is 1. The molecule has 1 aromatic heterocycles. The molecule has 0 atom stereocenters. The van der Waals surface area contributed by atoms with Crippen LogP contribution in [-0.4, -0.2) is 61.3 Å². The number of aryl methyl sites for hydroxylation is 1. The van der Waals surface area contributed by atoms with Crippen LogP contribution in [-0.2, 0) is 4.74 Å². The molecule has 0 radical (unpaired) electrons. The molecular weight excluding hydrogens is 302 g/mol. The molecule has 2 aromatic rings. The maximum absolute atomic E-state index is 5.38. The first-order valence-electron chi connectivity index (χ1n) is 8.41. The van der Waals surface area contributed by atoms with Crippen LogP contribution in [0.3, 0.4) is 0 Å². The van der Waals surface area contributed by atoms with Crippen molar-refractivity contribution in [2.75, 3.05) is 56.7 Å². The van der Waals surface area contributed by atoms with Gasteiger partial charge in [0.25, 0.3) is 0 Å². The van der Waals surface area contributed by atoms with Gasteiger partial charge in [0.05, 0.1) is 13.2 Å². The summed E-state index contributed by atoms with van der Waals surface area (Å²) >= 11 is 0. The van der Waals surface area contributed by atoms with E-state index in [4.69, 9.17) is 4.74 Å². The summed E-state index contributed by atoms with van der Waals surface area (Å²) in [6, 6.07) is 12.2. The normalized spacial score (nSPS) is 15.2. The molecule has 0 amide bonds. The lowest BCUT2D eigenvalue weighted by Crippen LogP contribution is -2.39. The highest BCUT2D eigenvalue weighted by Crippen LogP contribution is 2.23. The molecule has 0 bridgehead atoms. The molecule has 1 aliphatic rings. The first-order valence-corrected chi connectivity index (χ1v) is 8.41. The van der Waals surface area contributed by atoms with Gasteiger partial charge in [0.15, 0.2) is 0 Å². The zero-order valence-corrected chi connectivity index (χ0v) is 14.4. The van der Waals surface area contributed by atoms with Crippen molar-refractivity contribution in [2.45, 2.75) is 6.92 Å². The maximum Gasteiger partial charge on any atom is 0.138 e. The predicted molar refractivity (Wildman–Crippen MR) is 97.0 cm³/mol. The van der Waals surface area contributed by atoms with Crippen molar-refractivity contribution in [1.29, 1.82) is 0 Å². The monoisotopic (exact) mass is 327 g/mol.